The molecule has 3 aromatic rings. The maximum atomic E-state index is 13.2. The molecule has 2 N–H and O–H groups in total. The largest absolute Gasteiger partial charge is 0.495 e. The number of ether oxygens (including phenoxy) is 1. The van der Waals surface area contributed by atoms with E-state index in [4.69, 9.17) is 16.3 Å². The Hall–Kier alpha value is -3.12. The van der Waals surface area contributed by atoms with Crippen molar-refractivity contribution < 1.29 is 13.9 Å². The molecule has 0 saturated carbocycles. The van der Waals surface area contributed by atoms with E-state index in [1.807, 2.05) is 25.1 Å². The van der Waals surface area contributed by atoms with Gasteiger partial charge in [0, 0.05) is 17.6 Å². The standard InChI is InChI=1S/C20H17ClFN3O2/c1-12-3-6-19(27-2)17(9-12)24-14-7-8-23-18(11-14)20(26)25-13-4-5-16(22)15(21)10-13/h3-11H,1-2H3,(H,23,24)(H,25,26). The van der Waals surface area contributed by atoms with Crippen molar-refractivity contribution in [3.63, 3.8) is 0 Å². The zero-order valence-corrected chi connectivity index (χ0v) is 15.5. The summed E-state index contributed by atoms with van der Waals surface area (Å²) in [6.07, 6.45) is 1.52. The molecular formula is C20H17ClFN3O2. The lowest BCUT2D eigenvalue weighted by Gasteiger charge is -2.13. The Morgan fingerprint density at radius 1 is 1.11 bits per heavy atom. The minimum atomic E-state index is -0.550. The number of anilines is 3. The van der Waals surface area contributed by atoms with E-state index in [1.54, 1.807) is 19.2 Å². The first kappa shape index (κ1) is 18.7. The van der Waals surface area contributed by atoms with E-state index >= 15 is 0 Å². The lowest BCUT2D eigenvalue weighted by atomic mass is 10.2. The van der Waals surface area contributed by atoms with Crippen LogP contribution in [0, 0.1) is 12.7 Å². The van der Waals surface area contributed by atoms with Crippen LogP contribution in [0.1, 0.15) is 16.1 Å². The van der Waals surface area contributed by atoms with Crippen molar-refractivity contribution in [2.24, 2.45) is 0 Å². The van der Waals surface area contributed by atoms with Crippen molar-refractivity contribution >= 4 is 34.6 Å². The van der Waals surface area contributed by atoms with E-state index < -0.39 is 11.7 Å². The number of nitrogens with zero attached hydrogens (tertiary/aromatic N) is 1. The molecule has 0 radical (unpaired) electrons. The SMILES string of the molecule is COc1ccc(C)cc1Nc1ccnc(C(=O)Nc2ccc(F)c(Cl)c2)c1. The zero-order valence-electron chi connectivity index (χ0n) is 14.7. The normalized spacial score (nSPS) is 10.4. The van der Waals surface area contributed by atoms with Crippen LogP contribution >= 0.6 is 11.6 Å². The van der Waals surface area contributed by atoms with E-state index in [1.165, 1.54) is 24.4 Å². The van der Waals surface area contributed by atoms with Gasteiger partial charge in [-0.05, 0) is 55.0 Å². The lowest BCUT2D eigenvalue weighted by molar-refractivity contribution is 0.102. The number of pyridine rings is 1. The topological polar surface area (TPSA) is 63.2 Å². The Morgan fingerprint density at radius 3 is 2.67 bits per heavy atom. The van der Waals surface area contributed by atoms with E-state index in [0.717, 1.165) is 11.3 Å². The third kappa shape index (κ3) is 4.54. The van der Waals surface area contributed by atoms with Crippen LogP contribution in [-0.2, 0) is 0 Å². The van der Waals surface area contributed by atoms with Gasteiger partial charge in [0.2, 0.25) is 0 Å². The summed E-state index contributed by atoms with van der Waals surface area (Å²) >= 11 is 5.74. The van der Waals surface area contributed by atoms with Gasteiger partial charge in [0.1, 0.15) is 17.3 Å². The molecular weight excluding hydrogens is 369 g/mol. The molecule has 0 aliphatic heterocycles. The third-order valence-corrected chi connectivity index (χ3v) is 4.09. The maximum Gasteiger partial charge on any atom is 0.274 e. The molecule has 2 aromatic carbocycles. The predicted octanol–water partition coefficient (Wildman–Crippen LogP) is 5.19. The van der Waals surface area contributed by atoms with Gasteiger partial charge in [0.05, 0.1) is 17.8 Å². The molecule has 1 aromatic heterocycles. The van der Waals surface area contributed by atoms with Gasteiger partial charge in [0.15, 0.2) is 0 Å². The number of hydrogen-bond acceptors (Lipinski definition) is 4. The summed E-state index contributed by atoms with van der Waals surface area (Å²) in [5.41, 5.74) is 3.11. The van der Waals surface area contributed by atoms with Crippen molar-refractivity contribution in [2.45, 2.75) is 6.92 Å². The maximum absolute atomic E-state index is 13.2. The molecule has 0 unspecified atom stereocenters. The highest BCUT2D eigenvalue weighted by atomic mass is 35.5. The lowest BCUT2D eigenvalue weighted by Crippen LogP contribution is -2.14. The number of methoxy groups -OCH3 is 1. The average molecular weight is 386 g/mol. The van der Waals surface area contributed by atoms with E-state index in [9.17, 15) is 9.18 Å². The quantitative estimate of drug-likeness (QED) is 0.634. The van der Waals surface area contributed by atoms with Gasteiger partial charge in [-0.2, -0.15) is 0 Å². The number of nitrogens with one attached hydrogen (secondary N) is 2. The first-order valence-electron chi connectivity index (χ1n) is 8.10. The van der Waals surface area contributed by atoms with Crippen molar-refractivity contribution in [2.75, 3.05) is 17.7 Å². The van der Waals surface area contributed by atoms with Gasteiger partial charge in [-0.25, -0.2) is 4.39 Å². The van der Waals surface area contributed by atoms with Gasteiger partial charge in [-0.3, -0.25) is 9.78 Å². The first-order chi connectivity index (χ1) is 13.0. The number of benzene rings is 2. The molecule has 0 fully saturated rings. The molecule has 0 saturated heterocycles. The molecule has 0 aliphatic carbocycles. The second-order valence-corrected chi connectivity index (χ2v) is 6.25. The van der Waals surface area contributed by atoms with Crippen LogP contribution in [0.2, 0.25) is 5.02 Å². The fourth-order valence-electron chi connectivity index (χ4n) is 2.48. The summed E-state index contributed by atoms with van der Waals surface area (Å²) in [6.45, 7) is 1.98. The minimum absolute atomic E-state index is 0.0669. The number of halogens is 2. The number of amides is 1. The van der Waals surface area contributed by atoms with Crippen molar-refractivity contribution in [3.8, 4) is 5.75 Å². The smallest absolute Gasteiger partial charge is 0.274 e. The van der Waals surface area contributed by atoms with Gasteiger partial charge in [0.25, 0.3) is 5.91 Å². The summed E-state index contributed by atoms with van der Waals surface area (Å²) in [4.78, 5) is 16.5. The minimum Gasteiger partial charge on any atom is -0.495 e. The highest BCUT2D eigenvalue weighted by Gasteiger charge is 2.11. The summed E-state index contributed by atoms with van der Waals surface area (Å²) in [5, 5.41) is 5.80. The summed E-state index contributed by atoms with van der Waals surface area (Å²) < 4.78 is 18.6. The average Bonchev–Trinajstić information content (AvgIpc) is 2.65. The van der Waals surface area contributed by atoms with Gasteiger partial charge in [-0.1, -0.05) is 17.7 Å². The highest BCUT2D eigenvalue weighted by Crippen LogP contribution is 2.28. The Morgan fingerprint density at radius 2 is 1.93 bits per heavy atom. The van der Waals surface area contributed by atoms with Gasteiger partial charge in [-0.15, -0.1) is 0 Å². The molecule has 0 atom stereocenters. The van der Waals surface area contributed by atoms with Crippen LogP contribution in [0.4, 0.5) is 21.5 Å². The van der Waals surface area contributed by atoms with Crippen LogP contribution in [0.15, 0.2) is 54.7 Å². The fourth-order valence-corrected chi connectivity index (χ4v) is 2.66. The summed E-state index contributed by atoms with van der Waals surface area (Å²) in [5.74, 6) is -0.298. The predicted molar refractivity (Wildman–Crippen MR) is 105 cm³/mol. The summed E-state index contributed by atoms with van der Waals surface area (Å²) in [7, 11) is 1.59. The zero-order chi connectivity index (χ0) is 19.4. The Labute approximate surface area is 161 Å². The highest BCUT2D eigenvalue weighted by molar-refractivity contribution is 6.31. The second-order valence-electron chi connectivity index (χ2n) is 5.84. The van der Waals surface area contributed by atoms with E-state index in [2.05, 4.69) is 15.6 Å². The molecule has 1 amide bonds. The monoisotopic (exact) mass is 385 g/mol. The number of carbonyl (C=O) groups is 1. The van der Waals surface area contributed by atoms with Crippen LogP contribution in [0.5, 0.6) is 5.75 Å². The fraction of sp³-hybridized carbons (Fsp3) is 0.100. The van der Waals surface area contributed by atoms with Crippen molar-refractivity contribution in [1.29, 1.82) is 0 Å². The molecule has 0 aliphatic rings. The Bertz CT molecular complexity index is 995. The van der Waals surface area contributed by atoms with Crippen LogP contribution in [0.25, 0.3) is 0 Å². The van der Waals surface area contributed by atoms with E-state index in [0.29, 0.717) is 17.1 Å². The van der Waals surface area contributed by atoms with Crippen molar-refractivity contribution in [3.05, 3.63) is 76.8 Å². The molecule has 1 heterocycles. The van der Waals surface area contributed by atoms with Crippen molar-refractivity contribution in [1.82, 2.24) is 4.98 Å². The number of rotatable bonds is 5. The first-order valence-corrected chi connectivity index (χ1v) is 8.48. The second kappa shape index (κ2) is 8.05. The molecule has 3 rings (SSSR count). The Balaban J connectivity index is 1.80. The van der Waals surface area contributed by atoms with E-state index in [-0.39, 0.29) is 10.7 Å². The number of carbonyl (C=O) groups excluding carboxylic acids is 1. The number of hydrogen-bond donors (Lipinski definition) is 2. The van der Waals surface area contributed by atoms with Crippen LogP contribution < -0.4 is 15.4 Å². The number of aromatic nitrogens is 1. The van der Waals surface area contributed by atoms with Crippen LogP contribution in [0.3, 0.4) is 0 Å². The molecule has 0 bridgehead atoms. The molecule has 0 spiro atoms. The van der Waals surface area contributed by atoms with Gasteiger partial charge >= 0.3 is 0 Å². The molecule has 7 heteroatoms. The third-order valence-electron chi connectivity index (χ3n) is 3.80. The molecule has 5 nitrogen and oxygen atoms in total. The summed E-state index contributed by atoms with van der Waals surface area (Å²) in [6, 6.07) is 13.1. The van der Waals surface area contributed by atoms with Gasteiger partial charge < -0.3 is 15.4 Å². The number of aryl methyl sites for hydroxylation is 1. The molecule has 138 valence electrons. The van der Waals surface area contributed by atoms with Crippen LogP contribution in [-0.4, -0.2) is 18.0 Å². The Kier molecular flexibility index (Phi) is 5.57. The molecule has 27 heavy (non-hydrogen) atoms.